The van der Waals surface area contributed by atoms with E-state index in [1.54, 1.807) is 30.3 Å². The number of ketones is 1. The Morgan fingerprint density at radius 1 is 1.18 bits per heavy atom. The van der Waals surface area contributed by atoms with Gasteiger partial charge in [0.1, 0.15) is 11.5 Å². The number of hydrogen-bond acceptors (Lipinski definition) is 4. The SMILES string of the molecule is CCOc1cc(O)c(C(=O)c2ccccc2)cc1CN(C)C. The topological polar surface area (TPSA) is 49.8 Å². The average Bonchev–Trinajstić information content (AvgIpc) is 2.50. The molecule has 0 aliphatic rings. The fourth-order valence-electron chi connectivity index (χ4n) is 2.29. The molecule has 1 N–H and O–H groups in total. The quantitative estimate of drug-likeness (QED) is 0.833. The molecule has 0 aromatic heterocycles. The second-order valence-corrected chi connectivity index (χ2v) is 5.34. The molecule has 0 aliphatic heterocycles. The fraction of sp³-hybridized carbons (Fsp3) is 0.278. The molecule has 0 bridgehead atoms. The van der Waals surface area contributed by atoms with E-state index < -0.39 is 0 Å². The molecule has 2 rings (SSSR count). The van der Waals surface area contributed by atoms with Gasteiger partial charge in [-0.05, 0) is 27.1 Å². The molecule has 116 valence electrons. The summed E-state index contributed by atoms with van der Waals surface area (Å²) in [5.41, 5.74) is 1.73. The lowest BCUT2D eigenvalue weighted by molar-refractivity contribution is 0.103. The average molecular weight is 299 g/mol. The van der Waals surface area contributed by atoms with Gasteiger partial charge in [0, 0.05) is 23.7 Å². The standard InChI is InChI=1S/C18H21NO3/c1-4-22-17-11-16(20)15(10-14(17)12-19(2)3)18(21)13-8-6-5-7-9-13/h5-11,20H,4,12H2,1-3H3. The zero-order valence-corrected chi connectivity index (χ0v) is 13.2. The molecule has 2 aromatic rings. The molecule has 0 saturated heterocycles. The monoisotopic (exact) mass is 299 g/mol. The molecule has 22 heavy (non-hydrogen) atoms. The van der Waals surface area contributed by atoms with Crippen molar-refractivity contribution in [2.24, 2.45) is 0 Å². The van der Waals surface area contributed by atoms with Crippen LogP contribution in [0.2, 0.25) is 0 Å². The van der Waals surface area contributed by atoms with Crippen LogP contribution in [0.15, 0.2) is 42.5 Å². The molecule has 0 saturated carbocycles. The molecule has 4 nitrogen and oxygen atoms in total. The van der Waals surface area contributed by atoms with E-state index in [0.29, 0.717) is 30.0 Å². The van der Waals surface area contributed by atoms with Gasteiger partial charge in [-0.1, -0.05) is 30.3 Å². The van der Waals surface area contributed by atoms with Gasteiger partial charge in [0.05, 0.1) is 12.2 Å². The molecule has 0 aliphatic carbocycles. The third-order valence-corrected chi connectivity index (χ3v) is 3.25. The second kappa shape index (κ2) is 7.09. The van der Waals surface area contributed by atoms with Gasteiger partial charge in [-0.15, -0.1) is 0 Å². The molecule has 0 amide bonds. The summed E-state index contributed by atoms with van der Waals surface area (Å²) in [6, 6.07) is 12.2. The van der Waals surface area contributed by atoms with E-state index in [0.717, 1.165) is 5.56 Å². The highest BCUT2D eigenvalue weighted by Crippen LogP contribution is 2.30. The number of aromatic hydroxyl groups is 1. The fourth-order valence-corrected chi connectivity index (χ4v) is 2.29. The van der Waals surface area contributed by atoms with Gasteiger partial charge < -0.3 is 14.7 Å². The Kier molecular flexibility index (Phi) is 5.17. The van der Waals surface area contributed by atoms with Crippen LogP contribution in [-0.4, -0.2) is 36.5 Å². The summed E-state index contributed by atoms with van der Waals surface area (Å²) in [6.45, 7) is 3.02. The van der Waals surface area contributed by atoms with Gasteiger partial charge in [0.25, 0.3) is 0 Å². The number of nitrogens with zero attached hydrogens (tertiary/aromatic N) is 1. The van der Waals surface area contributed by atoms with Crippen molar-refractivity contribution in [3.63, 3.8) is 0 Å². The maximum absolute atomic E-state index is 12.6. The Labute approximate surface area is 131 Å². The molecule has 0 atom stereocenters. The summed E-state index contributed by atoms with van der Waals surface area (Å²) in [5.74, 6) is 0.360. The third kappa shape index (κ3) is 3.65. The summed E-state index contributed by atoms with van der Waals surface area (Å²) in [6.07, 6.45) is 0. The van der Waals surface area contributed by atoms with Crippen LogP contribution in [-0.2, 0) is 6.54 Å². The smallest absolute Gasteiger partial charge is 0.196 e. The normalized spacial score (nSPS) is 10.7. The van der Waals surface area contributed by atoms with Crippen molar-refractivity contribution >= 4 is 5.78 Å². The van der Waals surface area contributed by atoms with Crippen molar-refractivity contribution in [1.82, 2.24) is 4.90 Å². The second-order valence-electron chi connectivity index (χ2n) is 5.34. The van der Waals surface area contributed by atoms with Crippen LogP contribution >= 0.6 is 0 Å². The Morgan fingerprint density at radius 2 is 1.86 bits per heavy atom. The number of carbonyl (C=O) groups is 1. The van der Waals surface area contributed by atoms with E-state index in [1.165, 1.54) is 6.07 Å². The van der Waals surface area contributed by atoms with Crippen molar-refractivity contribution < 1.29 is 14.6 Å². The zero-order valence-electron chi connectivity index (χ0n) is 13.2. The Morgan fingerprint density at radius 3 is 2.45 bits per heavy atom. The van der Waals surface area contributed by atoms with Gasteiger partial charge in [0.15, 0.2) is 5.78 Å². The molecule has 0 heterocycles. The predicted molar refractivity (Wildman–Crippen MR) is 86.5 cm³/mol. The summed E-state index contributed by atoms with van der Waals surface area (Å²) in [7, 11) is 3.89. The van der Waals surface area contributed by atoms with Gasteiger partial charge in [-0.2, -0.15) is 0 Å². The van der Waals surface area contributed by atoms with Crippen molar-refractivity contribution in [3.05, 3.63) is 59.2 Å². The summed E-state index contributed by atoms with van der Waals surface area (Å²) in [5, 5.41) is 10.2. The van der Waals surface area contributed by atoms with Crippen LogP contribution in [0.25, 0.3) is 0 Å². The first-order valence-corrected chi connectivity index (χ1v) is 7.26. The number of rotatable bonds is 6. The third-order valence-electron chi connectivity index (χ3n) is 3.25. The van der Waals surface area contributed by atoms with Crippen LogP contribution in [0, 0.1) is 0 Å². The van der Waals surface area contributed by atoms with Gasteiger partial charge in [-0.25, -0.2) is 0 Å². The minimum Gasteiger partial charge on any atom is -0.507 e. The number of phenolic OH excluding ortho intramolecular Hbond substituents is 1. The van der Waals surface area contributed by atoms with Crippen molar-refractivity contribution in [2.75, 3.05) is 20.7 Å². The molecular formula is C18H21NO3. The first-order valence-electron chi connectivity index (χ1n) is 7.26. The van der Waals surface area contributed by atoms with E-state index in [-0.39, 0.29) is 11.5 Å². The van der Waals surface area contributed by atoms with Crippen molar-refractivity contribution in [1.29, 1.82) is 0 Å². The highest BCUT2D eigenvalue weighted by molar-refractivity contribution is 6.10. The van der Waals surface area contributed by atoms with Gasteiger partial charge in [-0.3, -0.25) is 4.79 Å². The van der Waals surface area contributed by atoms with Crippen molar-refractivity contribution in [3.8, 4) is 11.5 Å². The first kappa shape index (κ1) is 16.0. The lowest BCUT2D eigenvalue weighted by Crippen LogP contribution is -2.13. The molecule has 2 aromatic carbocycles. The first-order chi connectivity index (χ1) is 10.5. The summed E-state index contributed by atoms with van der Waals surface area (Å²) >= 11 is 0. The van der Waals surface area contributed by atoms with E-state index in [2.05, 4.69) is 0 Å². The molecule has 0 fully saturated rings. The molecule has 0 unspecified atom stereocenters. The number of hydrogen-bond donors (Lipinski definition) is 1. The minimum atomic E-state index is -0.193. The molecule has 0 spiro atoms. The highest BCUT2D eigenvalue weighted by Gasteiger charge is 2.17. The Hall–Kier alpha value is -2.33. The van der Waals surface area contributed by atoms with E-state index in [1.807, 2.05) is 32.0 Å². The van der Waals surface area contributed by atoms with E-state index in [4.69, 9.17) is 4.74 Å². The molecular weight excluding hydrogens is 278 g/mol. The number of ether oxygens (including phenoxy) is 1. The van der Waals surface area contributed by atoms with Gasteiger partial charge in [0.2, 0.25) is 0 Å². The van der Waals surface area contributed by atoms with Gasteiger partial charge >= 0.3 is 0 Å². The van der Waals surface area contributed by atoms with Crippen LogP contribution in [0.3, 0.4) is 0 Å². The highest BCUT2D eigenvalue weighted by atomic mass is 16.5. The number of benzene rings is 2. The largest absolute Gasteiger partial charge is 0.507 e. The summed E-state index contributed by atoms with van der Waals surface area (Å²) in [4.78, 5) is 14.6. The summed E-state index contributed by atoms with van der Waals surface area (Å²) < 4.78 is 5.56. The Bertz CT molecular complexity index is 651. The van der Waals surface area contributed by atoms with Crippen molar-refractivity contribution in [2.45, 2.75) is 13.5 Å². The van der Waals surface area contributed by atoms with Crippen LogP contribution in [0.5, 0.6) is 11.5 Å². The lowest BCUT2D eigenvalue weighted by atomic mass is 9.99. The van der Waals surface area contributed by atoms with Crippen LogP contribution < -0.4 is 4.74 Å². The van der Waals surface area contributed by atoms with Crippen LogP contribution in [0.4, 0.5) is 0 Å². The predicted octanol–water partition coefficient (Wildman–Crippen LogP) is 3.08. The lowest BCUT2D eigenvalue weighted by Gasteiger charge is -2.16. The maximum Gasteiger partial charge on any atom is 0.196 e. The van der Waals surface area contributed by atoms with E-state index in [9.17, 15) is 9.90 Å². The number of phenols is 1. The number of carbonyl (C=O) groups excluding carboxylic acids is 1. The molecule has 4 heteroatoms. The minimum absolute atomic E-state index is 0.0557. The maximum atomic E-state index is 12.6. The van der Waals surface area contributed by atoms with E-state index >= 15 is 0 Å². The molecule has 0 radical (unpaired) electrons. The Balaban J connectivity index is 2.45. The zero-order chi connectivity index (χ0) is 16.1. The van der Waals surface area contributed by atoms with Crippen LogP contribution in [0.1, 0.15) is 28.4 Å².